The molecule has 1 N–H and O–H groups in total. The van der Waals surface area contributed by atoms with E-state index in [-0.39, 0.29) is 16.8 Å². The lowest BCUT2D eigenvalue weighted by Crippen LogP contribution is -2.29. The first-order valence-corrected chi connectivity index (χ1v) is 11.8. The second kappa shape index (κ2) is 7.92. The third-order valence-corrected chi connectivity index (χ3v) is 8.02. The highest BCUT2D eigenvalue weighted by molar-refractivity contribution is 7.89. The van der Waals surface area contributed by atoms with Crippen LogP contribution in [0.2, 0.25) is 0 Å². The first-order valence-electron chi connectivity index (χ1n) is 10.4. The summed E-state index contributed by atoms with van der Waals surface area (Å²) in [6, 6.07) is 11.1. The molecular weight excluding hydrogens is 384 g/mol. The molecule has 0 spiro atoms. The molecule has 2 aromatic carbocycles. The Labute approximate surface area is 173 Å². The Bertz CT molecular complexity index is 1040. The maximum Gasteiger partial charge on any atom is 0.252 e. The van der Waals surface area contributed by atoms with E-state index in [4.69, 9.17) is 0 Å². The predicted octanol–water partition coefficient (Wildman–Crippen LogP) is 3.76. The molecular formula is C23H28N2O3S. The zero-order valence-electron chi connectivity index (χ0n) is 17.1. The molecule has 0 unspecified atom stereocenters. The van der Waals surface area contributed by atoms with Crippen LogP contribution >= 0.6 is 0 Å². The number of fused-ring (bicyclic) bond motifs is 1. The number of nitrogens with zero attached hydrogens (tertiary/aromatic N) is 1. The van der Waals surface area contributed by atoms with Crippen LogP contribution in [-0.4, -0.2) is 31.7 Å². The Morgan fingerprint density at radius 2 is 1.72 bits per heavy atom. The highest BCUT2D eigenvalue weighted by Gasteiger charge is 2.28. The molecule has 1 aliphatic carbocycles. The normalized spacial score (nSPS) is 17.9. The number of amides is 1. The monoisotopic (exact) mass is 412 g/mol. The average molecular weight is 413 g/mol. The van der Waals surface area contributed by atoms with Crippen LogP contribution in [0.1, 0.15) is 64.8 Å². The Morgan fingerprint density at radius 3 is 2.48 bits per heavy atom. The molecule has 5 nitrogen and oxygen atoms in total. The van der Waals surface area contributed by atoms with Crippen molar-refractivity contribution in [3.63, 3.8) is 0 Å². The molecule has 1 saturated heterocycles. The molecule has 1 amide bonds. The lowest BCUT2D eigenvalue weighted by molar-refractivity contribution is 0.0939. The Morgan fingerprint density at radius 1 is 1.00 bits per heavy atom. The van der Waals surface area contributed by atoms with Gasteiger partial charge < -0.3 is 5.32 Å². The van der Waals surface area contributed by atoms with Gasteiger partial charge >= 0.3 is 0 Å². The van der Waals surface area contributed by atoms with Gasteiger partial charge in [-0.25, -0.2) is 8.42 Å². The maximum absolute atomic E-state index is 13.0. The zero-order valence-corrected chi connectivity index (χ0v) is 17.9. The molecule has 1 heterocycles. The average Bonchev–Trinajstić information content (AvgIpc) is 3.39. The van der Waals surface area contributed by atoms with Crippen LogP contribution in [0.25, 0.3) is 0 Å². The molecule has 0 radical (unpaired) electrons. The first-order chi connectivity index (χ1) is 13.9. The molecule has 2 aromatic rings. The van der Waals surface area contributed by atoms with Crippen LogP contribution in [0.4, 0.5) is 0 Å². The molecule has 0 saturated carbocycles. The Kier molecular flexibility index (Phi) is 5.49. The van der Waals surface area contributed by atoms with Crippen molar-refractivity contribution in [2.75, 3.05) is 13.1 Å². The molecule has 1 fully saturated rings. The molecule has 154 valence electrons. The molecule has 0 aromatic heterocycles. The van der Waals surface area contributed by atoms with Gasteiger partial charge in [0.1, 0.15) is 0 Å². The van der Waals surface area contributed by atoms with Gasteiger partial charge in [-0.15, -0.1) is 0 Å². The minimum atomic E-state index is -3.55. The predicted molar refractivity (Wildman–Crippen MR) is 114 cm³/mol. The van der Waals surface area contributed by atoms with Crippen molar-refractivity contribution >= 4 is 15.9 Å². The summed E-state index contributed by atoms with van der Waals surface area (Å²) in [5.74, 6) is -0.242. The zero-order chi connectivity index (χ0) is 20.6. The Balaban J connectivity index is 1.55. The molecule has 1 aliphatic heterocycles. The fourth-order valence-corrected chi connectivity index (χ4v) is 5.85. The highest BCUT2D eigenvalue weighted by Crippen LogP contribution is 2.26. The second-order valence-corrected chi connectivity index (χ2v) is 10.1. The van der Waals surface area contributed by atoms with Crippen LogP contribution in [0.5, 0.6) is 0 Å². The van der Waals surface area contributed by atoms with Crippen LogP contribution in [0.15, 0.2) is 41.3 Å². The number of carbonyl (C=O) groups excluding carboxylic acids is 1. The van der Waals surface area contributed by atoms with Crippen LogP contribution in [0.3, 0.4) is 0 Å². The van der Waals surface area contributed by atoms with E-state index in [0.717, 1.165) is 36.8 Å². The number of sulfonamides is 1. The van der Waals surface area contributed by atoms with Crippen molar-refractivity contribution < 1.29 is 13.2 Å². The van der Waals surface area contributed by atoms with E-state index in [9.17, 15) is 13.2 Å². The summed E-state index contributed by atoms with van der Waals surface area (Å²) >= 11 is 0. The summed E-state index contributed by atoms with van der Waals surface area (Å²) < 4.78 is 27.2. The van der Waals surface area contributed by atoms with E-state index in [1.165, 1.54) is 27.9 Å². The number of benzene rings is 2. The lowest BCUT2D eigenvalue weighted by atomic mass is 10.0. The first kappa shape index (κ1) is 20.1. The summed E-state index contributed by atoms with van der Waals surface area (Å²) in [5.41, 5.74) is 5.04. The molecule has 2 aliphatic rings. The van der Waals surface area contributed by atoms with Crippen molar-refractivity contribution in [2.24, 2.45) is 0 Å². The summed E-state index contributed by atoms with van der Waals surface area (Å²) in [7, 11) is -3.55. The van der Waals surface area contributed by atoms with Gasteiger partial charge in [0, 0.05) is 18.7 Å². The summed E-state index contributed by atoms with van der Waals surface area (Å²) in [4.78, 5) is 13.2. The SMILES string of the molecule is Cc1ccc(S(=O)(=O)N2CCCC2)cc1C(=O)N[C@@H](C)c1ccc2c(c1)CCC2. The maximum atomic E-state index is 13.0. The van der Waals surface area contributed by atoms with Gasteiger partial charge in [-0.1, -0.05) is 24.3 Å². The third-order valence-electron chi connectivity index (χ3n) is 6.13. The summed E-state index contributed by atoms with van der Waals surface area (Å²) in [6.45, 7) is 4.90. The number of carbonyl (C=O) groups is 1. The fraction of sp³-hybridized carbons (Fsp3) is 0.435. The van der Waals surface area contributed by atoms with Crippen molar-refractivity contribution in [3.8, 4) is 0 Å². The smallest absolute Gasteiger partial charge is 0.252 e. The summed E-state index contributed by atoms with van der Waals surface area (Å²) in [5, 5.41) is 3.05. The van der Waals surface area contributed by atoms with Crippen molar-refractivity contribution in [2.45, 2.75) is 56.9 Å². The molecule has 1 atom stereocenters. The standard InChI is InChI=1S/C23H28N2O3S/c1-16-8-11-21(29(27,28)25-12-3-4-13-25)15-22(16)23(26)24-17(2)19-10-9-18-6-5-7-20(18)14-19/h8-11,14-15,17H,3-7,12-13H2,1-2H3,(H,24,26)/t17-/m0/s1. The molecule has 4 rings (SSSR count). The van der Waals surface area contributed by atoms with Gasteiger partial charge in [-0.3, -0.25) is 4.79 Å². The van der Waals surface area contributed by atoms with Crippen LogP contribution in [-0.2, 0) is 22.9 Å². The molecule has 0 bridgehead atoms. The van der Waals surface area contributed by atoms with Gasteiger partial charge in [-0.05, 0) is 80.3 Å². The van der Waals surface area contributed by atoms with E-state index in [2.05, 4.69) is 23.5 Å². The number of aryl methyl sites for hydroxylation is 3. The van der Waals surface area contributed by atoms with Gasteiger partial charge in [0.25, 0.3) is 5.91 Å². The topological polar surface area (TPSA) is 66.5 Å². The number of rotatable bonds is 5. The van der Waals surface area contributed by atoms with Crippen molar-refractivity contribution in [3.05, 3.63) is 64.2 Å². The van der Waals surface area contributed by atoms with Crippen molar-refractivity contribution in [1.82, 2.24) is 9.62 Å². The van der Waals surface area contributed by atoms with Crippen molar-refractivity contribution in [1.29, 1.82) is 0 Å². The van der Waals surface area contributed by atoms with Gasteiger partial charge in [0.15, 0.2) is 0 Å². The number of hydrogen-bond donors (Lipinski definition) is 1. The van der Waals surface area contributed by atoms with Gasteiger partial charge in [0.2, 0.25) is 10.0 Å². The summed E-state index contributed by atoms with van der Waals surface area (Å²) in [6.07, 6.45) is 5.19. The van der Waals surface area contributed by atoms with Gasteiger partial charge in [0.05, 0.1) is 10.9 Å². The van der Waals surface area contributed by atoms with Crippen LogP contribution < -0.4 is 5.32 Å². The fourth-order valence-electron chi connectivity index (χ4n) is 4.30. The highest BCUT2D eigenvalue weighted by atomic mass is 32.2. The minimum Gasteiger partial charge on any atom is -0.346 e. The van der Waals surface area contributed by atoms with Crippen LogP contribution in [0, 0.1) is 6.92 Å². The molecule has 6 heteroatoms. The van der Waals surface area contributed by atoms with E-state index >= 15 is 0 Å². The number of nitrogens with one attached hydrogen (secondary N) is 1. The quantitative estimate of drug-likeness (QED) is 0.813. The van der Waals surface area contributed by atoms with E-state index in [0.29, 0.717) is 18.7 Å². The van der Waals surface area contributed by atoms with E-state index in [1.54, 1.807) is 12.1 Å². The third kappa shape index (κ3) is 3.96. The largest absolute Gasteiger partial charge is 0.346 e. The van der Waals surface area contributed by atoms with E-state index < -0.39 is 10.0 Å². The minimum absolute atomic E-state index is 0.147. The lowest BCUT2D eigenvalue weighted by Gasteiger charge is -2.19. The van der Waals surface area contributed by atoms with E-state index in [1.807, 2.05) is 13.8 Å². The molecule has 29 heavy (non-hydrogen) atoms. The number of hydrogen-bond acceptors (Lipinski definition) is 3. The second-order valence-electron chi connectivity index (χ2n) is 8.16. The van der Waals surface area contributed by atoms with Gasteiger partial charge in [-0.2, -0.15) is 4.31 Å². The Hall–Kier alpha value is -2.18.